The number of rotatable bonds is 6. The number of nitrogens with zero attached hydrogens (tertiary/aromatic N) is 5. The lowest BCUT2D eigenvalue weighted by Crippen LogP contribution is -2.30. The largest absolute Gasteiger partial charge is 0.402 e. The van der Waals surface area contributed by atoms with Gasteiger partial charge in [0, 0.05) is 30.0 Å². The minimum atomic E-state index is -4.48. The summed E-state index contributed by atoms with van der Waals surface area (Å²) in [6, 6.07) is 4.49. The fraction of sp³-hybridized carbons (Fsp3) is 0.429. The zero-order valence-corrected chi connectivity index (χ0v) is 17.7. The van der Waals surface area contributed by atoms with E-state index in [0.717, 1.165) is 43.1 Å². The lowest BCUT2D eigenvalue weighted by Gasteiger charge is -2.29. The molecule has 7 nitrogen and oxygen atoms in total. The van der Waals surface area contributed by atoms with Gasteiger partial charge in [0.2, 0.25) is 0 Å². The van der Waals surface area contributed by atoms with Crippen LogP contribution in [0.15, 0.2) is 29.6 Å². The molecule has 11 heteroatoms. The maximum absolute atomic E-state index is 12.4. The minimum absolute atomic E-state index is 0.0250. The number of nitrogens with one attached hydrogen (secondary N) is 1. The van der Waals surface area contributed by atoms with Crippen LogP contribution in [-0.4, -0.2) is 36.4 Å². The Labute approximate surface area is 184 Å². The van der Waals surface area contributed by atoms with Crippen LogP contribution in [0.25, 0.3) is 22.6 Å². The summed E-state index contributed by atoms with van der Waals surface area (Å²) in [6.45, 7) is -1.38. The van der Waals surface area contributed by atoms with Crippen LogP contribution in [0.4, 0.5) is 13.2 Å². The van der Waals surface area contributed by atoms with Gasteiger partial charge in [-0.25, -0.2) is 23.9 Å². The van der Waals surface area contributed by atoms with Crippen LogP contribution in [-0.2, 0) is 11.0 Å². The van der Waals surface area contributed by atoms with Crippen molar-refractivity contribution < 1.29 is 17.4 Å². The van der Waals surface area contributed by atoms with Crippen molar-refractivity contribution in [1.82, 2.24) is 24.2 Å². The molecule has 1 N–H and O–H groups in total. The van der Waals surface area contributed by atoms with Gasteiger partial charge in [-0.05, 0) is 49.7 Å². The van der Waals surface area contributed by atoms with Gasteiger partial charge in [-0.15, -0.1) is 0 Å². The van der Waals surface area contributed by atoms with Crippen molar-refractivity contribution in [2.75, 3.05) is 6.54 Å². The molecule has 166 valence electrons. The SMILES string of the molecule is N#Cc1c(-c2ncc(S(=O)NCC(F)(F)F)cn2)n(C2CCC2)c2ncc(C3CC3)cc12. The van der Waals surface area contributed by atoms with Gasteiger partial charge in [0.1, 0.15) is 34.9 Å². The van der Waals surface area contributed by atoms with Gasteiger partial charge in [-0.1, -0.05) is 0 Å². The molecule has 3 heterocycles. The third-order valence-electron chi connectivity index (χ3n) is 5.92. The molecular formula is C21H19F3N6OS. The zero-order chi connectivity index (χ0) is 22.5. The second-order valence-corrected chi connectivity index (χ2v) is 9.45. The Balaban J connectivity index is 1.56. The molecular weight excluding hydrogens is 441 g/mol. The Morgan fingerprint density at radius 1 is 1.16 bits per heavy atom. The van der Waals surface area contributed by atoms with E-state index in [1.807, 2.05) is 21.6 Å². The number of pyridine rings is 1. The molecule has 2 saturated carbocycles. The normalized spacial score (nSPS) is 17.8. The summed E-state index contributed by atoms with van der Waals surface area (Å²) >= 11 is 0. The molecule has 2 aliphatic carbocycles. The van der Waals surface area contributed by atoms with E-state index in [9.17, 15) is 22.6 Å². The van der Waals surface area contributed by atoms with Gasteiger partial charge >= 0.3 is 6.18 Å². The van der Waals surface area contributed by atoms with E-state index in [2.05, 4.69) is 21.0 Å². The highest BCUT2D eigenvalue weighted by molar-refractivity contribution is 7.83. The van der Waals surface area contributed by atoms with Crippen LogP contribution in [0.2, 0.25) is 0 Å². The fourth-order valence-corrected chi connectivity index (χ4v) is 4.70. The van der Waals surface area contributed by atoms with Gasteiger partial charge in [0.05, 0.1) is 10.5 Å². The summed E-state index contributed by atoms with van der Waals surface area (Å²) in [5, 5.41) is 10.8. The van der Waals surface area contributed by atoms with Gasteiger partial charge in [-0.3, -0.25) is 0 Å². The van der Waals surface area contributed by atoms with E-state index in [4.69, 9.17) is 0 Å². The first-order valence-corrected chi connectivity index (χ1v) is 11.5. The molecule has 1 atom stereocenters. The highest BCUT2D eigenvalue weighted by atomic mass is 32.2. The van der Waals surface area contributed by atoms with E-state index in [-0.39, 0.29) is 16.8 Å². The smallest absolute Gasteiger partial charge is 0.318 e. The number of hydrogen-bond donors (Lipinski definition) is 1. The Morgan fingerprint density at radius 2 is 1.88 bits per heavy atom. The number of alkyl halides is 3. The third-order valence-corrected chi connectivity index (χ3v) is 6.97. The molecule has 0 spiro atoms. The Kier molecular flexibility index (Phi) is 5.22. The maximum atomic E-state index is 12.4. The molecule has 0 amide bonds. The van der Waals surface area contributed by atoms with Crippen molar-refractivity contribution >= 4 is 22.0 Å². The minimum Gasteiger partial charge on any atom is -0.318 e. The van der Waals surface area contributed by atoms with E-state index in [1.54, 1.807) is 0 Å². The quantitative estimate of drug-likeness (QED) is 0.596. The van der Waals surface area contributed by atoms with E-state index < -0.39 is 23.7 Å². The average molecular weight is 460 g/mol. The van der Waals surface area contributed by atoms with E-state index >= 15 is 0 Å². The lowest BCUT2D eigenvalue weighted by molar-refractivity contribution is -0.121. The van der Waals surface area contributed by atoms with E-state index in [0.29, 0.717) is 22.8 Å². The predicted octanol–water partition coefficient (Wildman–Crippen LogP) is 4.14. The lowest BCUT2D eigenvalue weighted by atomic mass is 9.92. The topological polar surface area (TPSA) is 96.5 Å². The molecule has 0 saturated heterocycles. The molecule has 0 aliphatic heterocycles. The van der Waals surface area contributed by atoms with Crippen molar-refractivity contribution in [2.24, 2.45) is 0 Å². The Bertz CT molecular complexity index is 1240. The van der Waals surface area contributed by atoms with Crippen LogP contribution in [0.5, 0.6) is 0 Å². The van der Waals surface area contributed by atoms with Crippen LogP contribution in [0.1, 0.15) is 55.2 Å². The summed E-state index contributed by atoms with van der Waals surface area (Å²) in [4.78, 5) is 13.2. The monoisotopic (exact) mass is 460 g/mol. The maximum Gasteiger partial charge on any atom is 0.402 e. The van der Waals surface area contributed by atoms with Gasteiger partial charge in [0.15, 0.2) is 5.82 Å². The average Bonchev–Trinajstić information content (AvgIpc) is 3.54. The van der Waals surface area contributed by atoms with Crippen LogP contribution in [0, 0.1) is 11.3 Å². The summed E-state index contributed by atoms with van der Waals surface area (Å²) in [5.41, 5.74) is 2.82. The standard InChI is InChI=1S/C21H19F3N6OS/c22-21(23,24)11-29-32(31)15-9-26-19(27-10-15)18-17(7-25)16-6-13(12-4-5-12)8-28-20(16)30(18)14-2-1-3-14/h6,8-10,12,14,29H,1-5,11H2. The zero-order valence-electron chi connectivity index (χ0n) is 16.9. The van der Waals surface area contributed by atoms with Crippen molar-refractivity contribution in [1.29, 1.82) is 5.26 Å². The molecule has 3 aromatic rings. The van der Waals surface area contributed by atoms with Crippen molar-refractivity contribution in [3.05, 3.63) is 35.8 Å². The second-order valence-electron chi connectivity index (χ2n) is 8.15. The van der Waals surface area contributed by atoms with E-state index in [1.165, 1.54) is 12.4 Å². The number of halogens is 3. The van der Waals surface area contributed by atoms with Crippen molar-refractivity contribution in [2.45, 2.75) is 55.1 Å². The highest BCUT2D eigenvalue weighted by Crippen LogP contribution is 2.44. The second kappa shape index (κ2) is 7.94. The summed E-state index contributed by atoms with van der Waals surface area (Å²) in [6.07, 6.45) is 5.09. The first kappa shape index (κ1) is 21.0. The Morgan fingerprint density at radius 3 is 2.44 bits per heavy atom. The molecule has 0 aromatic carbocycles. The van der Waals surface area contributed by atoms with Gasteiger partial charge < -0.3 is 4.57 Å². The summed E-state index contributed by atoms with van der Waals surface area (Å²) in [7, 11) is -2.10. The number of fused-ring (bicyclic) bond motifs is 1. The molecule has 1 unspecified atom stereocenters. The number of hydrogen-bond acceptors (Lipinski definition) is 5. The predicted molar refractivity (Wildman–Crippen MR) is 111 cm³/mol. The highest BCUT2D eigenvalue weighted by Gasteiger charge is 2.32. The van der Waals surface area contributed by atoms with Crippen LogP contribution < -0.4 is 4.72 Å². The molecule has 5 rings (SSSR count). The molecule has 32 heavy (non-hydrogen) atoms. The molecule has 2 aliphatic rings. The first-order chi connectivity index (χ1) is 15.4. The van der Waals surface area contributed by atoms with Crippen molar-refractivity contribution in [3.8, 4) is 17.6 Å². The molecule has 2 fully saturated rings. The van der Waals surface area contributed by atoms with Gasteiger partial charge in [-0.2, -0.15) is 18.4 Å². The molecule has 0 radical (unpaired) electrons. The number of aromatic nitrogens is 4. The van der Waals surface area contributed by atoms with Crippen molar-refractivity contribution in [3.63, 3.8) is 0 Å². The molecule has 0 bridgehead atoms. The number of nitriles is 1. The summed E-state index contributed by atoms with van der Waals surface area (Å²) in [5.74, 6) is 0.750. The Hall–Kier alpha value is -2.84. The van der Waals surface area contributed by atoms with Gasteiger partial charge in [0.25, 0.3) is 0 Å². The molecule has 3 aromatic heterocycles. The summed E-state index contributed by atoms with van der Waals surface area (Å²) < 4.78 is 53.1. The third kappa shape index (κ3) is 3.89. The first-order valence-electron chi connectivity index (χ1n) is 10.3. The fourth-order valence-electron chi connectivity index (χ4n) is 3.94. The van der Waals surface area contributed by atoms with Crippen LogP contribution >= 0.6 is 0 Å². The van der Waals surface area contributed by atoms with Crippen LogP contribution in [0.3, 0.4) is 0 Å².